The molecule has 29 heavy (non-hydrogen) atoms. The van der Waals surface area contributed by atoms with E-state index in [0.29, 0.717) is 13.1 Å². The van der Waals surface area contributed by atoms with Gasteiger partial charge in [-0.15, -0.1) is 24.8 Å². The van der Waals surface area contributed by atoms with Gasteiger partial charge in [0, 0.05) is 20.1 Å². The molecule has 0 aliphatic carbocycles. The fourth-order valence-corrected chi connectivity index (χ4v) is 3.69. The highest BCUT2D eigenvalue weighted by Crippen LogP contribution is 2.37. The Balaban J connectivity index is 2.65. The van der Waals surface area contributed by atoms with E-state index in [1.54, 1.807) is 18.2 Å². The topological polar surface area (TPSA) is 56.2 Å². The summed E-state index contributed by atoms with van der Waals surface area (Å²) >= 11 is 13.1. The van der Waals surface area contributed by atoms with Gasteiger partial charge in [0.1, 0.15) is 15.2 Å². The highest BCUT2D eigenvalue weighted by molar-refractivity contribution is 9.25. The lowest BCUT2D eigenvalue weighted by Crippen LogP contribution is -2.48. The molecule has 10 heteroatoms. The number of imide groups is 1. The molecule has 6 nitrogen and oxygen atoms in total. The number of nitrogens with zero attached hydrogens (tertiary/aromatic N) is 4. The number of urea groups is 1. The van der Waals surface area contributed by atoms with E-state index >= 15 is 0 Å². The van der Waals surface area contributed by atoms with Crippen molar-refractivity contribution in [1.29, 1.82) is 0 Å². The molecular formula is C19H20Br2ClFN4O2. The van der Waals surface area contributed by atoms with Gasteiger partial charge in [0.25, 0.3) is 5.91 Å². The van der Waals surface area contributed by atoms with Crippen LogP contribution in [0.2, 0.25) is 0 Å². The number of halogens is 4. The third-order valence-electron chi connectivity index (χ3n) is 4.15. The number of amidine groups is 1. The number of alkyl halides is 3. The summed E-state index contributed by atoms with van der Waals surface area (Å²) in [5.41, 5.74) is -0.0627. The summed E-state index contributed by atoms with van der Waals surface area (Å²) in [4.78, 5) is 33.7. The molecule has 1 aliphatic heterocycles. The molecule has 1 saturated heterocycles. The zero-order valence-electron chi connectivity index (χ0n) is 15.7. The van der Waals surface area contributed by atoms with Gasteiger partial charge < -0.3 is 0 Å². The van der Waals surface area contributed by atoms with Gasteiger partial charge in [0.05, 0.1) is 11.6 Å². The Morgan fingerprint density at radius 3 is 2.38 bits per heavy atom. The Bertz CT molecular complexity index is 839. The van der Waals surface area contributed by atoms with Gasteiger partial charge in [-0.05, 0) is 12.1 Å². The van der Waals surface area contributed by atoms with Crippen LogP contribution in [-0.2, 0) is 4.79 Å². The number of hydrogen-bond donors (Lipinski definition) is 0. The Kier molecular flexibility index (Phi) is 8.16. The first-order chi connectivity index (χ1) is 13.7. The van der Waals surface area contributed by atoms with Crippen LogP contribution in [0.4, 0.5) is 14.9 Å². The second-order valence-electron chi connectivity index (χ2n) is 6.19. The van der Waals surface area contributed by atoms with E-state index in [2.05, 4.69) is 50.0 Å². The van der Waals surface area contributed by atoms with Crippen molar-refractivity contribution in [3.8, 4) is 0 Å². The monoisotopic (exact) mass is 548 g/mol. The average Bonchev–Trinajstić information content (AvgIpc) is 2.90. The number of anilines is 1. The first-order valence-corrected chi connectivity index (χ1v) is 10.7. The minimum atomic E-state index is -0.939. The van der Waals surface area contributed by atoms with E-state index in [1.165, 1.54) is 25.2 Å². The molecule has 0 aromatic heterocycles. The molecular weight excluding hydrogens is 530 g/mol. The summed E-state index contributed by atoms with van der Waals surface area (Å²) < 4.78 is 13.5. The molecule has 3 amide bonds. The summed E-state index contributed by atoms with van der Waals surface area (Å²) in [5, 5.41) is 0. The summed E-state index contributed by atoms with van der Waals surface area (Å²) in [7, 11) is 1.32. The van der Waals surface area contributed by atoms with E-state index in [1.807, 2.05) is 4.90 Å². The molecule has 1 aromatic rings. The Morgan fingerprint density at radius 2 is 1.86 bits per heavy atom. The number of amides is 3. The average molecular weight is 551 g/mol. The van der Waals surface area contributed by atoms with Crippen LogP contribution in [0.25, 0.3) is 0 Å². The van der Waals surface area contributed by atoms with Crippen molar-refractivity contribution in [2.45, 2.75) is 9.40 Å². The van der Waals surface area contributed by atoms with Crippen LogP contribution in [0.15, 0.2) is 54.6 Å². The molecule has 0 N–H and O–H groups in total. The molecule has 156 valence electrons. The van der Waals surface area contributed by atoms with Gasteiger partial charge in [-0.2, -0.15) is 0 Å². The minimum Gasteiger partial charge on any atom is -0.273 e. The molecule has 1 aliphatic rings. The van der Waals surface area contributed by atoms with E-state index < -0.39 is 27.2 Å². The maximum Gasteiger partial charge on any atom is 0.337 e. The van der Waals surface area contributed by atoms with E-state index in [-0.39, 0.29) is 17.4 Å². The molecule has 1 fully saturated rings. The summed E-state index contributed by atoms with van der Waals surface area (Å²) in [6.45, 7) is 8.29. The Labute approximate surface area is 190 Å². The lowest BCUT2D eigenvalue weighted by Gasteiger charge is -2.35. The van der Waals surface area contributed by atoms with Gasteiger partial charge in [0.2, 0.25) is 5.84 Å². The third-order valence-corrected chi connectivity index (χ3v) is 6.60. The van der Waals surface area contributed by atoms with Crippen LogP contribution < -0.4 is 4.90 Å². The largest absolute Gasteiger partial charge is 0.337 e. The van der Waals surface area contributed by atoms with Crippen molar-refractivity contribution in [3.05, 3.63) is 55.4 Å². The SMILES string of the molecule is C=CCN(CC=C)C(N=C1C(=O)N(C)C(=O)N1c1ccccc1F)C(Br)(Br)CCl. The minimum absolute atomic E-state index is 0.0627. The Hall–Kier alpha value is -1.55. The second-order valence-corrected chi connectivity index (χ2v) is 10.3. The second kappa shape index (κ2) is 9.97. The molecule has 1 unspecified atom stereocenters. The van der Waals surface area contributed by atoms with Gasteiger partial charge in [-0.1, -0.05) is 56.1 Å². The van der Waals surface area contributed by atoms with Crippen LogP contribution in [0.5, 0.6) is 0 Å². The van der Waals surface area contributed by atoms with Gasteiger partial charge in [0.15, 0.2) is 0 Å². The van der Waals surface area contributed by atoms with E-state index in [0.717, 1.165) is 9.80 Å². The molecule has 0 bridgehead atoms. The normalized spacial score (nSPS) is 17.4. The number of benzene rings is 1. The molecule has 1 heterocycles. The van der Waals surface area contributed by atoms with Crippen LogP contribution in [0, 0.1) is 5.82 Å². The van der Waals surface area contributed by atoms with E-state index in [9.17, 15) is 14.0 Å². The quantitative estimate of drug-likeness (QED) is 0.261. The maximum absolute atomic E-state index is 14.4. The Morgan fingerprint density at radius 1 is 1.28 bits per heavy atom. The first kappa shape index (κ1) is 23.7. The standard InChI is InChI=1S/C19H20Br2ClFN4O2/c1-4-10-26(11-5-2)17(19(20,21)12-22)24-15-16(28)25(3)18(29)27(15)14-9-7-6-8-13(14)23/h4-9,17H,1-2,10-12H2,3H3. The highest BCUT2D eigenvalue weighted by atomic mass is 79.9. The number of carbonyl (C=O) groups excluding carboxylic acids is 2. The van der Waals surface area contributed by atoms with Crippen LogP contribution in [-0.4, -0.2) is 63.0 Å². The fourth-order valence-electron chi connectivity index (χ4n) is 2.77. The summed E-state index contributed by atoms with van der Waals surface area (Å²) in [6, 6.07) is 4.99. The molecule has 0 spiro atoms. The van der Waals surface area contributed by atoms with Crippen molar-refractivity contribution < 1.29 is 14.0 Å². The number of hydrogen-bond acceptors (Lipinski definition) is 4. The van der Waals surface area contributed by atoms with Gasteiger partial charge in [-0.25, -0.2) is 19.1 Å². The zero-order chi connectivity index (χ0) is 21.8. The smallest absolute Gasteiger partial charge is 0.273 e. The number of aliphatic imine (C=N–C) groups is 1. The van der Waals surface area contributed by atoms with Crippen molar-refractivity contribution in [2.75, 3.05) is 30.9 Å². The number of likely N-dealkylation sites (N-methyl/N-ethyl adjacent to an activating group) is 1. The van der Waals surface area contributed by atoms with Crippen molar-refractivity contribution in [2.24, 2.45) is 4.99 Å². The lowest BCUT2D eigenvalue weighted by molar-refractivity contribution is -0.119. The van der Waals surface area contributed by atoms with Crippen molar-refractivity contribution in [3.63, 3.8) is 0 Å². The van der Waals surface area contributed by atoms with Crippen LogP contribution in [0.3, 0.4) is 0 Å². The van der Waals surface area contributed by atoms with Gasteiger partial charge in [-0.3, -0.25) is 14.6 Å². The maximum atomic E-state index is 14.4. The molecule has 2 rings (SSSR count). The predicted molar refractivity (Wildman–Crippen MR) is 122 cm³/mol. The third kappa shape index (κ3) is 4.96. The molecule has 1 atom stereocenters. The number of para-hydroxylation sites is 1. The first-order valence-electron chi connectivity index (χ1n) is 8.53. The molecule has 1 aromatic carbocycles. The summed E-state index contributed by atoms with van der Waals surface area (Å²) in [5.74, 6) is -1.43. The zero-order valence-corrected chi connectivity index (χ0v) is 19.6. The fraction of sp³-hybridized carbons (Fsp3) is 0.316. The van der Waals surface area contributed by atoms with Crippen LogP contribution in [0.1, 0.15) is 0 Å². The van der Waals surface area contributed by atoms with Gasteiger partial charge >= 0.3 is 6.03 Å². The van der Waals surface area contributed by atoms with Crippen LogP contribution >= 0.6 is 43.5 Å². The molecule has 0 saturated carbocycles. The number of rotatable bonds is 9. The number of carbonyl (C=O) groups is 2. The lowest BCUT2D eigenvalue weighted by atomic mass is 10.2. The highest BCUT2D eigenvalue weighted by Gasteiger charge is 2.45. The summed E-state index contributed by atoms with van der Waals surface area (Å²) in [6.07, 6.45) is 2.59. The molecule has 0 radical (unpaired) electrons. The predicted octanol–water partition coefficient (Wildman–Crippen LogP) is 4.35. The van der Waals surface area contributed by atoms with Crippen molar-refractivity contribution >= 4 is 66.9 Å². The van der Waals surface area contributed by atoms with E-state index in [4.69, 9.17) is 11.6 Å². The van der Waals surface area contributed by atoms with Crippen molar-refractivity contribution in [1.82, 2.24) is 9.80 Å².